The molecule has 0 radical (unpaired) electrons. The maximum Gasteiger partial charge on any atom is 0.218 e. The highest BCUT2D eigenvalue weighted by Crippen LogP contribution is 2.14. The maximum absolute atomic E-state index is 10.6. The van der Waals surface area contributed by atoms with Crippen LogP contribution in [0.5, 0.6) is 0 Å². The van der Waals surface area contributed by atoms with Gasteiger partial charge in [-0.2, -0.15) is 0 Å². The molecular weight excluding hydrogens is 224 g/mol. The van der Waals surface area contributed by atoms with Crippen LogP contribution in [0.4, 0.5) is 0 Å². The Morgan fingerprint density at radius 3 is 2.00 bits per heavy atom. The normalized spacial score (nSPS) is 14.4. The van der Waals surface area contributed by atoms with E-state index in [0.29, 0.717) is 6.42 Å². The molecule has 18 heavy (non-hydrogen) atoms. The molecule has 0 aromatic rings. The average molecular weight is 256 g/mol. The molecule has 3 nitrogen and oxygen atoms in total. The Labute approximate surface area is 113 Å². The summed E-state index contributed by atoms with van der Waals surface area (Å²) in [6.07, 6.45) is 11.7. The van der Waals surface area contributed by atoms with E-state index in [1.807, 2.05) is 0 Å². The highest BCUT2D eigenvalue weighted by Gasteiger charge is 2.05. The molecule has 0 unspecified atom stereocenters. The second-order valence-corrected chi connectivity index (χ2v) is 5.64. The van der Waals surface area contributed by atoms with Gasteiger partial charge in [0, 0.05) is 12.5 Å². The zero-order valence-electron chi connectivity index (χ0n) is 12.3. The molecule has 0 heterocycles. The monoisotopic (exact) mass is 256 g/mol. The van der Waals surface area contributed by atoms with E-state index in [0.717, 1.165) is 18.8 Å². The molecule has 0 aliphatic rings. The first-order valence-corrected chi connectivity index (χ1v) is 7.60. The van der Waals surface area contributed by atoms with Crippen LogP contribution in [0.25, 0.3) is 0 Å². The number of carbonyl (C=O) groups excluding carboxylic acids is 1. The van der Waals surface area contributed by atoms with Crippen LogP contribution in [0, 0.1) is 5.92 Å². The van der Waals surface area contributed by atoms with Crippen LogP contribution in [0.2, 0.25) is 0 Å². The molecule has 4 N–H and O–H groups in total. The lowest BCUT2D eigenvalue weighted by Gasteiger charge is -2.09. The molecule has 2 atom stereocenters. The Balaban J connectivity index is 3.18. The topological polar surface area (TPSA) is 69.1 Å². The first-order valence-electron chi connectivity index (χ1n) is 7.60. The fourth-order valence-corrected chi connectivity index (χ4v) is 2.17. The van der Waals surface area contributed by atoms with Crippen molar-refractivity contribution in [3.63, 3.8) is 0 Å². The third-order valence-electron chi connectivity index (χ3n) is 3.68. The van der Waals surface area contributed by atoms with Gasteiger partial charge in [0.05, 0.1) is 0 Å². The predicted octanol–water partition coefficient (Wildman–Crippen LogP) is 3.36. The van der Waals surface area contributed by atoms with Gasteiger partial charge in [-0.05, 0) is 12.3 Å². The molecule has 0 saturated heterocycles. The molecule has 0 aliphatic heterocycles. The van der Waals surface area contributed by atoms with Crippen molar-refractivity contribution in [1.29, 1.82) is 0 Å². The molecule has 108 valence electrons. The lowest BCUT2D eigenvalue weighted by Crippen LogP contribution is -2.27. The van der Waals surface area contributed by atoms with E-state index < -0.39 is 0 Å². The van der Waals surface area contributed by atoms with E-state index in [-0.39, 0.29) is 11.9 Å². The standard InChI is InChI=1S/C15H32N2O/c1-3-13(2)10-8-6-4-5-7-9-11-14(16)12-15(17)18/h13-14H,3-12,16H2,1-2H3,(H2,17,18)/t13-,14-/m1/s1. The third-order valence-corrected chi connectivity index (χ3v) is 3.68. The van der Waals surface area contributed by atoms with Crippen molar-refractivity contribution in [2.45, 2.75) is 84.1 Å². The summed E-state index contributed by atoms with van der Waals surface area (Å²) in [5, 5.41) is 0. The number of carbonyl (C=O) groups is 1. The van der Waals surface area contributed by atoms with Crippen LogP contribution >= 0.6 is 0 Å². The van der Waals surface area contributed by atoms with E-state index in [1.165, 1.54) is 44.9 Å². The van der Waals surface area contributed by atoms with E-state index in [9.17, 15) is 4.79 Å². The van der Waals surface area contributed by atoms with Gasteiger partial charge in [-0.3, -0.25) is 4.79 Å². The summed E-state index contributed by atoms with van der Waals surface area (Å²) in [5.74, 6) is 0.601. The van der Waals surface area contributed by atoms with Crippen LogP contribution < -0.4 is 11.5 Å². The molecule has 0 saturated carbocycles. The summed E-state index contributed by atoms with van der Waals surface area (Å²) in [7, 11) is 0. The van der Waals surface area contributed by atoms with Gasteiger partial charge in [0.15, 0.2) is 0 Å². The quantitative estimate of drug-likeness (QED) is 0.526. The van der Waals surface area contributed by atoms with Gasteiger partial charge in [-0.25, -0.2) is 0 Å². The fraction of sp³-hybridized carbons (Fsp3) is 0.933. The van der Waals surface area contributed by atoms with Gasteiger partial charge in [0.25, 0.3) is 0 Å². The summed E-state index contributed by atoms with van der Waals surface area (Å²) < 4.78 is 0. The summed E-state index contributed by atoms with van der Waals surface area (Å²) in [6.45, 7) is 4.60. The van der Waals surface area contributed by atoms with Crippen molar-refractivity contribution in [2.24, 2.45) is 17.4 Å². The van der Waals surface area contributed by atoms with Gasteiger partial charge >= 0.3 is 0 Å². The number of amides is 1. The van der Waals surface area contributed by atoms with Crippen LogP contribution in [0.1, 0.15) is 78.1 Å². The minimum Gasteiger partial charge on any atom is -0.370 e. The van der Waals surface area contributed by atoms with E-state index in [1.54, 1.807) is 0 Å². The van der Waals surface area contributed by atoms with Gasteiger partial charge in [0.1, 0.15) is 0 Å². The van der Waals surface area contributed by atoms with Crippen LogP contribution in [-0.4, -0.2) is 11.9 Å². The number of hydrogen-bond acceptors (Lipinski definition) is 2. The van der Waals surface area contributed by atoms with Crippen molar-refractivity contribution in [3.8, 4) is 0 Å². The molecule has 0 aromatic heterocycles. The molecule has 1 amide bonds. The first-order chi connectivity index (χ1) is 8.56. The Morgan fingerprint density at radius 1 is 1.00 bits per heavy atom. The average Bonchev–Trinajstić information content (AvgIpc) is 2.31. The Hall–Kier alpha value is -0.570. The molecule has 0 rings (SSSR count). The van der Waals surface area contributed by atoms with Crippen LogP contribution in [0.3, 0.4) is 0 Å². The van der Waals surface area contributed by atoms with Crippen molar-refractivity contribution in [2.75, 3.05) is 0 Å². The van der Waals surface area contributed by atoms with E-state index in [2.05, 4.69) is 13.8 Å². The fourth-order valence-electron chi connectivity index (χ4n) is 2.17. The van der Waals surface area contributed by atoms with Gasteiger partial charge in [0.2, 0.25) is 5.91 Å². The first kappa shape index (κ1) is 17.4. The summed E-state index contributed by atoms with van der Waals surface area (Å²) in [4.78, 5) is 10.6. The van der Waals surface area contributed by atoms with Gasteiger partial charge in [-0.1, -0.05) is 65.2 Å². The Kier molecular flexibility index (Phi) is 11.2. The minimum atomic E-state index is -0.285. The highest BCUT2D eigenvalue weighted by molar-refractivity contribution is 5.74. The van der Waals surface area contributed by atoms with E-state index in [4.69, 9.17) is 11.5 Å². The van der Waals surface area contributed by atoms with Crippen molar-refractivity contribution in [3.05, 3.63) is 0 Å². The lowest BCUT2D eigenvalue weighted by molar-refractivity contribution is -0.118. The molecule has 0 aromatic carbocycles. The minimum absolute atomic E-state index is 0.0343. The summed E-state index contributed by atoms with van der Waals surface area (Å²) in [6, 6.07) is -0.0343. The predicted molar refractivity (Wildman–Crippen MR) is 78.2 cm³/mol. The number of rotatable bonds is 12. The van der Waals surface area contributed by atoms with Crippen molar-refractivity contribution >= 4 is 5.91 Å². The zero-order valence-corrected chi connectivity index (χ0v) is 12.3. The maximum atomic E-state index is 10.6. The smallest absolute Gasteiger partial charge is 0.218 e. The van der Waals surface area contributed by atoms with Crippen molar-refractivity contribution < 1.29 is 4.79 Å². The Morgan fingerprint density at radius 2 is 1.50 bits per heavy atom. The Bertz CT molecular complexity index is 207. The van der Waals surface area contributed by atoms with E-state index >= 15 is 0 Å². The van der Waals surface area contributed by atoms with Gasteiger partial charge in [-0.15, -0.1) is 0 Å². The zero-order chi connectivity index (χ0) is 13.8. The molecule has 0 bridgehead atoms. The van der Waals surface area contributed by atoms with Crippen LogP contribution in [-0.2, 0) is 4.79 Å². The SMILES string of the molecule is CC[C@@H](C)CCCCCCCC[C@@H](N)CC(N)=O. The second kappa shape index (κ2) is 11.5. The molecule has 0 fully saturated rings. The lowest BCUT2D eigenvalue weighted by atomic mass is 9.99. The highest BCUT2D eigenvalue weighted by atomic mass is 16.1. The third kappa shape index (κ3) is 11.9. The number of nitrogens with two attached hydrogens (primary N) is 2. The van der Waals surface area contributed by atoms with Crippen molar-refractivity contribution in [1.82, 2.24) is 0 Å². The second-order valence-electron chi connectivity index (χ2n) is 5.64. The number of primary amides is 1. The van der Waals surface area contributed by atoms with Crippen LogP contribution in [0.15, 0.2) is 0 Å². The largest absolute Gasteiger partial charge is 0.370 e. The molecule has 3 heteroatoms. The summed E-state index contributed by atoms with van der Waals surface area (Å²) in [5.41, 5.74) is 10.9. The molecule has 0 spiro atoms. The summed E-state index contributed by atoms with van der Waals surface area (Å²) >= 11 is 0. The van der Waals surface area contributed by atoms with Gasteiger partial charge < -0.3 is 11.5 Å². The number of hydrogen-bond donors (Lipinski definition) is 2. The number of unbranched alkanes of at least 4 members (excludes halogenated alkanes) is 5. The molecular formula is C15H32N2O. The molecule has 0 aliphatic carbocycles.